The van der Waals surface area contributed by atoms with Gasteiger partial charge in [0.15, 0.2) is 5.82 Å². The molecule has 0 bridgehead atoms. The molecule has 0 aromatic carbocycles. The molecule has 2 aliphatic rings. The summed E-state index contributed by atoms with van der Waals surface area (Å²) in [4.78, 5) is 8.89. The largest absolute Gasteiger partial charge is 0.338 e. The van der Waals surface area contributed by atoms with Gasteiger partial charge in [0, 0.05) is 18.3 Å². The number of hydrogen-bond donors (Lipinski definition) is 0. The number of rotatable bonds is 3. The average molecular weight is 239 g/mol. The van der Waals surface area contributed by atoms with Gasteiger partial charge in [-0.15, -0.1) is 0 Å². The van der Waals surface area contributed by atoms with Crippen molar-refractivity contribution in [2.45, 2.75) is 37.0 Å². The first-order chi connectivity index (χ1) is 8.78. The van der Waals surface area contributed by atoms with E-state index in [4.69, 9.17) is 4.52 Å². The molecule has 0 aliphatic heterocycles. The van der Waals surface area contributed by atoms with Crippen LogP contribution in [0, 0.1) is 0 Å². The van der Waals surface area contributed by atoms with Gasteiger partial charge in [0.1, 0.15) is 7.85 Å². The third-order valence-electron chi connectivity index (χ3n) is 3.97. The Morgan fingerprint density at radius 3 is 2.78 bits per heavy atom. The molecule has 0 N–H and O–H groups in total. The molecule has 0 saturated heterocycles. The highest BCUT2D eigenvalue weighted by Gasteiger charge is 2.51. The molecular weight excluding hydrogens is 225 g/mol. The second-order valence-electron chi connectivity index (χ2n) is 5.57. The minimum Gasteiger partial charge on any atom is -0.338 e. The van der Waals surface area contributed by atoms with Crippen molar-refractivity contribution >= 4 is 13.3 Å². The SMILES string of the molecule is Bc1cncc(C2(c3nc(C4CC4)no3)CC2)c1. The topological polar surface area (TPSA) is 51.8 Å². The van der Waals surface area contributed by atoms with Gasteiger partial charge in [-0.25, -0.2) is 0 Å². The highest BCUT2D eigenvalue weighted by molar-refractivity contribution is 6.32. The van der Waals surface area contributed by atoms with E-state index in [1.54, 1.807) is 0 Å². The van der Waals surface area contributed by atoms with E-state index in [1.807, 2.05) is 12.4 Å². The van der Waals surface area contributed by atoms with Gasteiger partial charge in [0.25, 0.3) is 0 Å². The number of pyridine rings is 1. The Balaban J connectivity index is 1.73. The molecule has 2 saturated carbocycles. The predicted molar refractivity (Wildman–Crippen MR) is 68.7 cm³/mol. The molecule has 0 unspecified atom stereocenters. The van der Waals surface area contributed by atoms with E-state index in [0.29, 0.717) is 5.92 Å². The summed E-state index contributed by atoms with van der Waals surface area (Å²) in [7, 11) is 2.07. The van der Waals surface area contributed by atoms with E-state index in [9.17, 15) is 0 Å². The molecule has 4 nitrogen and oxygen atoms in total. The van der Waals surface area contributed by atoms with Crippen LogP contribution < -0.4 is 5.46 Å². The van der Waals surface area contributed by atoms with Crippen LogP contribution in [0.4, 0.5) is 0 Å². The van der Waals surface area contributed by atoms with Crippen molar-refractivity contribution in [2.24, 2.45) is 0 Å². The van der Waals surface area contributed by atoms with Crippen molar-refractivity contribution in [1.29, 1.82) is 0 Å². The molecule has 2 heterocycles. The van der Waals surface area contributed by atoms with Gasteiger partial charge >= 0.3 is 0 Å². The third kappa shape index (κ3) is 1.50. The lowest BCUT2D eigenvalue weighted by molar-refractivity contribution is 0.355. The monoisotopic (exact) mass is 239 g/mol. The molecule has 2 aliphatic carbocycles. The van der Waals surface area contributed by atoms with Gasteiger partial charge in [-0.05, 0) is 31.2 Å². The van der Waals surface area contributed by atoms with Gasteiger partial charge in [0.2, 0.25) is 5.89 Å². The summed E-state index contributed by atoms with van der Waals surface area (Å²) in [6.45, 7) is 0. The van der Waals surface area contributed by atoms with Crippen LogP contribution in [0.5, 0.6) is 0 Å². The summed E-state index contributed by atoms with van der Waals surface area (Å²) in [6.07, 6.45) is 8.40. The van der Waals surface area contributed by atoms with Crippen LogP contribution in [-0.4, -0.2) is 23.0 Å². The van der Waals surface area contributed by atoms with Crippen molar-refractivity contribution in [1.82, 2.24) is 15.1 Å². The Bertz CT molecular complexity index is 602. The van der Waals surface area contributed by atoms with E-state index in [1.165, 1.54) is 23.9 Å². The van der Waals surface area contributed by atoms with Crippen LogP contribution in [0.3, 0.4) is 0 Å². The fourth-order valence-electron chi connectivity index (χ4n) is 2.50. The van der Waals surface area contributed by atoms with Gasteiger partial charge in [0.05, 0.1) is 5.41 Å². The highest BCUT2D eigenvalue weighted by atomic mass is 16.5. The molecule has 0 radical (unpaired) electrons. The highest BCUT2D eigenvalue weighted by Crippen LogP contribution is 2.53. The van der Waals surface area contributed by atoms with E-state index < -0.39 is 0 Å². The molecule has 0 amide bonds. The van der Waals surface area contributed by atoms with Gasteiger partial charge in [-0.2, -0.15) is 4.98 Å². The van der Waals surface area contributed by atoms with Gasteiger partial charge < -0.3 is 4.52 Å². The Labute approximate surface area is 106 Å². The normalized spacial score (nSPS) is 20.9. The zero-order chi connectivity index (χ0) is 12.2. The number of aromatic nitrogens is 3. The summed E-state index contributed by atoms with van der Waals surface area (Å²) >= 11 is 0. The maximum atomic E-state index is 5.50. The molecule has 18 heavy (non-hydrogen) atoms. The summed E-state index contributed by atoms with van der Waals surface area (Å²) in [5.74, 6) is 2.24. The van der Waals surface area contributed by atoms with E-state index in [-0.39, 0.29) is 5.41 Å². The van der Waals surface area contributed by atoms with Crippen LogP contribution in [0.2, 0.25) is 0 Å². The Morgan fingerprint density at radius 2 is 2.11 bits per heavy atom. The average Bonchev–Trinajstić information content (AvgIpc) is 3.30. The molecule has 5 heteroatoms. The lowest BCUT2D eigenvalue weighted by Gasteiger charge is -2.10. The molecule has 90 valence electrons. The number of nitrogens with zero attached hydrogens (tertiary/aromatic N) is 3. The van der Waals surface area contributed by atoms with E-state index in [2.05, 4.69) is 29.0 Å². The van der Waals surface area contributed by atoms with E-state index in [0.717, 1.165) is 24.6 Å². The van der Waals surface area contributed by atoms with Crippen molar-refractivity contribution < 1.29 is 4.52 Å². The predicted octanol–water partition coefficient (Wildman–Crippen LogP) is 0.680. The Morgan fingerprint density at radius 1 is 1.28 bits per heavy atom. The van der Waals surface area contributed by atoms with Crippen LogP contribution in [-0.2, 0) is 5.41 Å². The third-order valence-corrected chi connectivity index (χ3v) is 3.97. The van der Waals surface area contributed by atoms with E-state index >= 15 is 0 Å². The Kier molecular flexibility index (Phi) is 1.96. The maximum absolute atomic E-state index is 5.50. The first kappa shape index (κ1) is 10.3. The zero-order valence-corrected chi connectivity index (χ0v) is 10.4. The quantitative estimate of drug-likeness (QED) is 0.739. The first-order valence-electron chi connectivity index (χ1n) is 6.54. The molecule has 2 fully saturated rings. The Hall–Kier alpha value is -1.65. The van der Waals surface area contributed by atoms with Crippen LogP contribution >= 0.6 is 0 Å². The van der Waals surface area contributed by atoms with Crippen LogP contribution in [0.1, 0.15) is 48.9 Å². The summed E-state index contributed by atoms with van der Waals surface area (Å²) in [5.41, 5.74) is 2.35. The minimum absolute atomic E-state index is 0.0425. The smallest absolute Gasteiger partial charge is 0.237 e. The van der Waals surface area contributed by atoms with Crippen molar-refractivity contribution in [3.05, 3.63) is 35.7 Å². The lowest BCUT2D eigenvalue weighted by atomic mass is 9.91. The molecule has 0 spiro atoms. The second kappa shape index (κ2) is 3.43. The second-order valence-corrected chi connectivity index (χ2v) is 5.57. The fourth-order valence-corrected chi connectivity index (χ4v) is 2.50. The first-order valence-corrected chi connectivity index (χ1v) is 6.54. The maximum Gasteiger partial charge on any atom is 0.237 e. The van der Waals surface area contributed by atoms with Crippen molar-refractivity contribution in [3.63, 3.8) is 0 Å². The summed E-state index contributed by atoms with van der Waals surface area (Å²) in [6, 6.07) is 2.18. The van der Waals surface area contributed by atoms with Crippen molar-refractivity contribution in [2.75, 3.05) is 0 Å². The van der Waals surface area contributed by atoms with Crippen molar-refractivity contribution in [3.8, 4) is 0 Å². The van der Waals surface area contributed by atoms with Gasteiger partial charge in [-0.3, -0.25) is 4.98 Å². The molecule has 2 aromatic heterocycles. The standard InChI is InChI=1S/C13H14BN3O/c14-10-5-9(6-15-7-10)13(3-4-13)12-16-11(17-18-12)8-1-2-8/h5-8H,1-4,14H2. The minimum atomic E-state index is -0.0425. The zero-order valence-electron chi connectivity index (χ0n) is 10.4. The summed E-state index contributed by atoms with van der Waals surface area (Å²) < 4.78 is 5.50. The molecule has 2 aromatic rings. The van der Waals surface area contributed by atoms with Crippen LogP contribution in [0.15, 0.2) is 23.0 Å². The molecular formula is C13H14BN3O. The number of hydrogen-bond acceptors (Lipinski definition) is 4. The van der Waals surface area contributed by atoms with Crippen LogP contribution in [0.25, 0.3) is 0 Å². The lowest BCUT2D eigenvalue weighted by Crippen LogP contribution is -2.14. The fraction of sp³-hybridized carbons (Fsp3) is 0.462. The molecule has 0 atom stereocenters. The van der Waals surface area contributed by atoms with Gasteiger partial charge in [-0.1, -0.05) is 16.7 Å². The summed E-state index contributed by atoms with van der Waals surface area (Å²) in [5, 5.41) is 4.13. The molecule has 4 rings (SSSR count).